The van der Waals surface area contributed by atoms with Crippen molar-refractivity contribution in [2.75, 3.05) is 19.6 Å². The normalized spacial score (nSPS) is 14.3. The summed E-state index contributed by atoms with van der Waals surface area (Å²) in [6.07, 6.45) is 13.7. The van der Waals surface area contributed by atoms with Gasteiger partial charge in [0.25, 0.3) is 0 Å². The Hall–Kier alpha value is -4.36. The Kier molecular flexibility index (Phi) is 7.61. The quantitative estimate of drug-likeness (QED) is 0.189. The van der Waals surface area contributed by atoms with Crippen molar-refractivity contribution in [3.63, 3.8) is 0 Å². The molecule has 0 aliphatic carbocycles. The smallest absolute Gasteiger partial charge is 0.181 e. The molecule has 0 radical (unpaired) electrons. The number of halogens is 1. The lowest BCUT2D eigenvalue weighted by molar-refractivity contribution is 0.334. The minimum absolute atomic E-state index is 0.217. The number of benzene rings is 1. The van der Waals surface area contributed by atoms with Gasteiger partial charge in [0.2, 0.25) is 0 Å². The number of rotatable bonds is 9. The molecule has 1 aliphatic rings. The first kappa shape index (κ1) is 26.8. The third kappa shape index (κ3) is 5.63. The third-order valence-corrected chi connectivity index (χ3v) is 8.03. The van der Waals surface area contributed by atoms with Gasteiger partial charge in [0.1, 0.15) is 5.82 Å². The van der Waals surface area contributed by atoms with Crippen molar-refractivity contribution in [1.29, 1.82) is 0 Å². The van der Waals surface area contributed by atoms with E-state index in [4.69, 9.17) is 0 Å². The van der Waals surface area contributed by atoms with E-state index in [0.717, 1.165) is 80.8 Å². The topological polar surface area (TPSA) is 73.5 Å². The lowest BCUT2D eigenvalue weighted by Gasteiger charge is -2.15. The predicted octanol–water partition coefficient (Wildman–Crippen LogP) is 7.42. The molecule has 1 fully saturated rings. The Morgan fingerprint density at radius 2 is 1.95 bits per heavy atom. The Morgan fingerprint density at radius 3 is 2.76 bits per heavy atom. The van der Waals surface area contributed by atoms with Gasteiger partial charge in [-0.2, -0.15) is 5.10 Å². The first-order chi connectivity index (χ1) is 20.0. The van der Waals surface area contributed by atoms with Crippen molar-refractivity contribution < 1.29 is 4.39 Å². The summed E-state index contributed by atoms with van der Waals surface area (Å²) in [7, 11) is 0. The third-order valence-electron chi connectivity index (χ3n) is 8.03. The maximum Gasteiger partial charge on any atom is 0.181 e. The van der Waals surface area contributed by atoms with Gasteiger partial charge in [0, 0.05) is 46.4 Å². The lowest BCUT2D eigenvalue weighted by Crippen LogP contribution is -2.20. The Balaban J connectivity index is 1.32. The number of hydrogen-bond donors (Lipinski definition) is 2. The summed E-state index contributed by atoms with van der Waals surface area (Å²) in [6.45, 7) is 11.5. The second-order valence-electron chi connectivity index (χ2n) is 10.9. The van der Waals surface area contributed by atoms with Crippen LogP contribution in [-0.4, -0.2) is 49.7 Å². The number of aryl methyl sites for hydroxylation is 3. The molecule has 1 saturated heterocycles. The second-order valence-corrected chi connectivity index (χ2v) is 10.9. The number of allylic oxidation sites excluding steroid dienone is 2. The van der Waals surface area contributed by atoms with Crippen LogP contribution in [0.25, 0.3) is 39.1 Å². The van der Waals surface area contributed by atoms with Crippen molar-refractivity contribution in [2.24, 2.45) is 0 Å². The maximum absolute atomic E-state index is 14.9. The number of nitrogens with one attached hydrogen (secondary N) is 2. The molecule has 208 valence electrons. The summed E-state index contributed by atoms with van der Waals surface area (Å²) in [4.78, 5) is 14.9. The molecule has 4 aromatic heterocycles. The zero-order valence-electron chi connectivity index (χ0n) is 23.7. The highest BCUT2D eigenvalue weighted by Gasteiger charge is 2.18. The molecule has 1 aromatic carbocycles. The number of H-pyrrole nitrogens is 2. The van der Waals surface area contributed by atoms with Gasteiger partial charge in [-0.05, 0) is 112 Å². The Morgan fingerprint density at radius 1 is 1.10 bits per heavy atom. The minimum Gasteiger partial charge on any atom is -0.357 e. The fourth-order valence-corrected chi connectivity index (χ4v) is 5.91. The van der Waals surface area contributed by atoms with Gasteiger partial charge >= 0.3 is 0 Å². The van der Waals surface area contributed by atoms with Gasteiger partial charge in [-0.25, -0.2) is 9.37 Å². The maximum atomic E-state index is 14.9. The molecule has 0 amide bonds. The molecule has 0 atom stereocenters. The molecule has 0 bridgehead atoms. The van der Waals surface area contributed by atoms with Gasteiger partial charge in [0.15, 0.2) is 5.65 Å². The standard InChI is InChI=1S/C34H35FN6/c1-4-8-28(25-15-24(16-27(35)17-25)9-7-14-41-12-5-6-13-41)29-19-32(38-23(29)3)33-30-18-26(20-37-34(30)40-39-33)31-21-36-11-10-22(31)2/h4,8,10-11,15-21,38H,1,5-7,9,12-14H2,2-3H3,(H,37,39,40)/b28-8-. The van der Waals surface area contributed by atoms with E-state index in [2.05, 4.69) is 61.8 Å². The molecular weight excluding hydrogens is 511 g/mol. The Bertz CT molecular complexity index is 1740. The Labute approximate surface area is 240 Å². The first-order valence-electron chi connectivity index (χ1n) is 14.3. The van der Waals surface area contributed by atoms with E-state index in [0.29, 0.717) is 5.65 Å². The molecule has 6 rings (SSSR count). The fraction of sp³-hybridized carbons (Fsp3) is 0.265. The molecule has 6 nitrogen and oxygen atoms in total. The summed E-state index contributed by atoms with van der Waals surface area (Å²) in [5, 5.41) is 8.55. The summed E-state index contributed by atoms with van der Waals surface area (Å²) >= 11 is 0. The van der Waals surface area contributed by atoms with Crippen molar-refractivity contribution in [1.82, 2.24) is 30.0 Å². The second kappa shape index (κ2) is 11.6. The largest absolute Gasteiger partial charge is 0.357 e. The van der Waals surface area contributed by atoms with Crippen LogP contribution in [0.15, 0.2) is 73.7 Å². The number of pyridine rings is 2. The van der Waals surface area contributed by atoms with E-state index in [1.54, 1.807) is 24.4 Å². The van der Waals surface area contributed by atoms with Crippen LogP contribution in [0, 0.1) is 19.7 Å². The summed E-state index contributed by atoms with van der Waals surface area (Å²) < 4.78 is 14.9. The number of fused-ring (bicyclic) bond motifs is 1. The number of nitrogens with zero attached hydrogens (tertiary/aromatic N) is 4. The molecule has 0 spiro atoms. The van der Waals surface area contributed by atoms with Crippen LogP contribution in [0.5, 0.6) is 0 Å². The van der Waals surface area contributed by atoms with Crippen LogP contribution >= 0.6 is 0 Å². The summed E-state index contributed by atoms with van der Waals surface area (Å²) in [5.41, 5.74) is 10.3. The highest BCUT2D eigenvalue weighted by Crippen LogP contribution is 2.34. The molecular formula is C34H35FN6. The van der Waals surface area contributed by atoms with Crippen LogP contribution in [0.3, 0.4) is 0 Å². The van der Waals surface area contributed by atoms with Gasteiger partial charge in [-0.3, -0.25) is 10.1 Å². The van der Waals surface area contributed by atoms with Crippen molar-refractivity contribution in [3.05, 3.63) is 107 Å². The molecule has 5 heterocycles. The molecule has 5 aromatic rings. The average Bonchev–Trinajstić information content (AvgIpc) is 3.72. The van der Waals surface area contributed by atoms with E-state index in [1.165, 1.54) is 25.9 Å². The van der Waals surface area contributed by atoms with Crippen LogP contribution in [0.2, 0.25) is 0 Å². The highest BCUT2D eigenvalue weighted by molar-refractivity contribution is 5.94. The van der Waals surface area contributed by atoms with E-state index in [1.807, 2.05) is 31.5 Å². The van der Waals surface area contributed by atoms with Crippen LogP contribution < -0.4 is 0 Å². The number of hydrogen-bond acceptors (Lipinski definition) is 4. The van der Waals surface area contributed by atoms with Gasteiger partial charge in [-0.1, -0.05) is 24.8 Å². The molecule has 41 heavy (non-hydrogen) atoms. The number of aromatic nitrogens is 5. The number of likely N-dealkylation sites (tertiary alicyclic amines) is 1. The summed E-state index contributed by atoms with van der Waals surface area (Å²) in [5.74, 6) is -0.217. The fourth-order valence-electron chi connectivity index (χ4n) is 5.91. The van der Waals surface area contributed by atoms with Gasteiger partial charge < -0.3 is 9.88 Å². The monoisotopic (exact) mass is 546 g/mol. The lowest BCUT2D eigenvalue weighted by atomic mass is 9.94. The molecule has 0 unspecified atom stereocenters. The average molecular weight is 547 g/mol. The van der Waals surface area contributed by atoms with Crippen LogP contribution in [0.4, 0.5) is 4.39 Å². The molecule has 2 N–H and O–H groups in total. The number of aromatic amines is 2. The van der Waals surface area contributed by atoms with Crippen molar-refractivity contribution >= 4 is 16.6 Å². The van der Waals surface area contributed by atoms with Gasteiger partial charge in [0.05, 0.1) is 11.4 Å². The van der Waals surface area contributed by atoms with Crippen LogP contribution in [-0.2, 0) is 6.42 Å². The molecule has 7 heteroatoms. The van der Waals surface area contributed by atoms with Crippen molar-refractivity contribution in [2.45, 2.75) is 39.5 Å². The predicted molar refractivity (Wildman–Crippen MR) is 164 cm³/mol. The van der Waals surface area contributed by atoms with E-state index in [-0.39, 0.29) is 5.82 Å². The zero-order valence-corrected chi connectivity index (χ0v) is 23.7. The van der Waals surface area contributed by atoms with Gasteiger partial charge in [-0.15, -0.1) is 0 Å². The SMILES string of the molecule is C=C/C=C(/c1cc(F)cc(CCCN2CCCC2)c1)c1cc(-c2[nH]nc3ncc(-c4cnccc4C)cc23)[nH]c1C. The van der Waals surface area contributed by atoms with Crippen molar-refractivity contribution in [3.8, 4) is 22.5 Å². The van der Waals surface area contributed by atoms with E-state index < -0.39 is 0 Å². The van der Waals surface area contributed by atoms with E-state index >= 15 is 0 Å². The first-order valence-corrected chi connectivity index (χ1v) is 14.3. The van der Waals surface area contributed by atoms with E-state index in [9.17, 15) is 4.39 Å². The molecule has 1 aliphatic heterocycles. The molecule has 0 saturated carbocycles. The summed E-state index contributed by atoms with van der Waals surface area (Å²) in [6, 6.07) is 11.6. The highest BCUT2D eigenvalue weighted by atomic mass is 19.1. The minimum atomic E-state index is -0.217. The zero-order chi connectivity index (χ0) is 28.3. The van der Waals surface area contributed by atoms with Crippen LogP contribution in [0.1, 0.15) is 47.2 Å².